The van der Waals surface area contributed by atoms with Crippen LogP contribution in [0.4, 0.5) is 0 Å². The maximum atomic E-state index is 12.2. The lowest BCUT2D eigenvalue weighted by Gasteiger charge is -2.32. The Hall–Kier alpha value is -0.610. The van der Waals surface area contributed by atoms with E-state index in [1.54, 1.807) is 0 Å². The summed E-state index contributed by atoms with van der Waals surface area (Å²) in [5.74, 6) is 0.823. The average Bonchev–Trinajstić information content (AvgIpc) is 2.73. The molecule has 2 rings (SSSR count). The van der Waals surface area contributed by atoms with Gasteiger partial charge >= 0.3 is 0 Å². The molecule has 2 aliphatic heterocycles. The Labute approximate surface area is 104 Å². The lowest BCUT2D eigenvalue weighted by atomic mass is 10.0. The summed E-state index contributed by atoms with van der Waals surface area (Å²) in [6, 6.07) is 0.204. The minimum absolute atomic E-state index is 0.0495. The lowest BCUT2D eigenvalue weighted by Crippen LogP contribution is -2.48. The molecule has 1 N–H and O–H groups in total. The van der Waals surface area contributed by atoms with Gasteiger partial charge in [-0.05, 0) is 32.6 Å². The molecule has 98 valence electrons. The lowest BCUT2D eigenvalue weighted by molar-refractivity contribution is -0.133. The molecular formula is C13H24N2O2. The third-order valence-corrected chi connectivity index (χ3v) is 3.79. The van der Waals surface area contributed by atoms with Gasteiger partial charge in [-0.2, -0.15) is 0 Å². The minimum atomic E-state index is -0.0495. The van der Waals surface area contributed by atoms with Gasteiger partial charge in [0.15, 0.2) is 0 Å². The summed E-state index contributed by atoms with van der Waals surface area (Å²) in [4.78, 5) is 14.3. The number of hydrogen-bond acceptors (Lipinski definition) is 3. The van der Waals surface area contributed by atoms with Crippen molar-refractivity contribution >= 4 is 5.91 Å². The van der Waals surface area contributed by atoms with Crippen LogP contribution in [-0.4, -0.2) is 41.8 Å². The van der Waals surface area contributed by atoms with E-state index in [4.69, 9.17) is 4.74 Å². The van der Waals surface area contributed by atoms with Crippen LogP contribution in [0.2, 0.25) is 0 Å². The predicted molar refractivity (Wildman–Crippen MR) is 66.5 cm³/mol. The summed E-state index contributed by atoms with van der Waals surface area (Å²) in [7, 11) is 0. The zero-order chi connectivity index (χ0) is 12.6. The Balaban J connectivity index is 2.12. The standard InChI is InChI=1S/C13H24N2O2/c1-8(2)7-12-14-9(3)13(16)15(12)11-5-6-17-10(11)4/h8-12,14H,5-7H2,1-4H3. The first kappa shape index (κ1) is 12.8. The zero-order valence-electron chi connectivity index (χ0n) is 11.3. The van der Waals surface area contributed by atoms with E-state index in [0.717, 1.165) is 19.4 Å². The summed E-state index contributed by atoms with van der Waals surface area (Å²) in [6.45, 7) is 9.19. The van der Waals surface area contributed by atoms with Gasteiger partial charge in [0.25, 0.3) is 0 Å². The summed E-state index contributed by atoms with van der Waals surface area (Å²) in [5, 5.41) is 3.40. The second-order valence-electron chi connectivity index (χ2n) is 5.71. The SMILES string of the molecule is CC(C)CC1NC(C)C(=O)N1C1CCOC1C. The van der Waals surface area contributed by atoms with Gasteiger partial charge in [-0.1, -0.05) is 13.8 Å². The van der Waals surface area contributed by atoms with Crippen LogP contribution in [0.1, 0.15) is 40.5 Å². The highest BCUT2D eigenvalue weighted by Gasteiger charge is 2.43. The fourth-order valence-corrected chi connectivity index (χ4v) is 2.93. The molecule has 2 heterocycles. The Morgan fingerprint density at radius 1 is 1.47 bits per heavy atom. The number of hydrogen-bond donors (Lipinski definition) is 1. The molecule has 0 radical (unpaired) electrons. The van der Waals surface area contributed by atoms with Gasteiger partial charge in [0.05, 0.1) is 24.4 Å². The van der Waals surface area contributed by atoms with Crippen molar-refractivity contribution in [1.29, 1.82) is 0 Å². The smallest absolute Gasteiger partial charge is 0.241 e. The summed E-state index contributed by atoms with van der Waals surface area (Å²) in [6.07, 6.45) is 2.34. The van der Waals surface area contributed by atoms with E-state index < -0.39 is 0 Å². The van der Waals surface area contributed by atoms with Gasteiger partial charge in [-0.15, -0.1) is 0 Å². The number of ether oxygens (including phenoxy) is 1. The Bertz CT molecular complexity index is 293. The second-order valence-corrected chi connectivity index (χ2v) is 5.71. The molecule has 4 nitrogen and oxygen atoms in total. The van der Waals surface area contributed by atoms with Crippen LogP contribution in [0.5, 0.6) is 0 Å². The van der Waals surface area contributed by atoms with E-state index in [1.165, 1.54) is 0 Å². The van der Waals surface area contributed by atoms with Crippen molar-refractivity contribution in [2.45, 2.75) is 64.9 Å². The van der Waals surface area contributed by atoms with Crippen molar-refractivity contribution < 1.29 is 9.53 Å². The molecule has 1 amide bonds. The molecule has 4 heteroatoms. The Kier molecular flexibility index (Phi) is 3.73. The molecule has 2 aliphatic rings. The highest BCUT2D eigenvalue weighted by molar-refractivity contribution is 5.84. The number of amides is 1. The molecular weight excluding hydrogens is 216 g/mol. The molecule has 0 saturated carbocycles. The van der Waals surface area contributed by atoms with Gasteiger partial charge in [-0.3, -0.25) is 10.1 Å². The summed E-state index contributed by atoms with van der Waals surface area (Å²) >= 11 is 0. The molecule has 0 aromatic heterocycles. The second kappa shape index (κ2) is 4.94. The topological polar surface area (TPSA) is 41.6 Å². The highest BCUT2D eigenvalue weighted by Crippen LogP contribution is 2.27. The van der Waals surface area contributed by atoms with Crippen LogP contribution in [0.25, 0.3) is 0 Å². The van der Waals surface area contributed by atoms with Crippen LogP contribution in [0, 0.1) is 5.92 Å². The van der Waals surface area contributed by atoms with Crippen LogP contribution < -0.4 is 5.32 Å². The summed E-state index contributed by atoms with van der Waals surface area (Å²) < 4.78 is 5.59. The molecule has 0 bridgehead atoms. The van der Waals surface area contributed by atoms with Crippen molar-refractivity contribution in [1.82, 2.24) is 10.2 Å². The molecule has 4 unspecified atom stereocenters. The minimum Gasteiger partial charge on any atom is -0.376 e. The first-order valence-electron chi connectivity index (χ1n) is 6.70. The zero-order valence-corrected chi connectivity index (χ0v) is 11.3. The normalized spacial score (nSPS) is 38.4. The van der Waals surface area contributed by atoms with Crippen molar-refractivity contribution in [2.24, 2.45) is 5.92 Å². The van der Waals surface area contributed by atoms with E-state index in [0.29, 0.717) is 5.92 Å². The first-order valence-corrected chi connectivity index (χ1v) is 6.70. The van der Waals surface area contributed by atoms with Crippen molar-refractivity contribution in [2.75, 3.05) is 6.61 Å². The monoisotopic (exact) mass is 240 g/mol. The Morgan fingerprint density at radius 3 is 2.71 bits per heavy atom. The van der Waals surface area contributed by atoms with Gasteiger partial charge in [0.1, 0.15) is 0 Å². The van der Waals surface area contributed by atoms with Crippen LogP contribution in [-0.2, 0) is 9.53 Å². The van der Waals surface area contributed by atoms with E-state index in [1.807, 2.05) is 11.8 Å². The van der Waals surface area contributed by atoms with Crippen molar-refractivity contribution in [3.8, 4) is 0 Å². The van der Waals surface area contributed by atoms with E-state index in [9.17, 15) is 4.79 Å². The van der Waals surface area contributed by atoms with Crippen molar-refractivity contribution in [3.05, 3.63) is 0 Å². The van der Waals surface area contributed by atoms with Gasteiger partial charge in [-0.25, -0.2) is 0 Å². The molecule has 2 saturated heterocycles. The first-order chi connectivity index (χ1) is 8.00. The van der Waals surface area contributed by atoms with Gasteiger partial charge in [0, 0.05) is 6.61 Å². The maximum absolute atomic E-state index is 12.2. The summed E-state index contributed by atoms with van der Waals surface area (Å²) in [5.41, 5.74) is 0. The molecule has 4 atom stereocenters. The number of nitrogens with zero attached hydrogens (tertiary/aromatic N) is 1. The third kappa shape index (κ3) is 2.47. The fourth-order valence-electron chi connectivity index (χ4n) is 2.93. The van der Waals surface area contributed by atoms with Crippen LogP contribution >= 0.6 is 0 Å². The molecule has 0 aromatic rings. The number of nitrogens with one attached hydrogen (secondary N) is 1. The quantitative estimate of drug-likeness (QED) is 0.810. The highest BCUT2D eigenvalue weighted by atomic mass is 16.5. The van der Waals surface area contributed by atoms with E-state index in [2.05, 4.69) is 26.1 Å². The third-order valence-electron chi connectivity index (χ3n) is 3.79. The average molecular weight is 240 g/mol. The number of rotatable bonds is 3. The number of carbonyl (C=O) groups excluding carboxylic acids is 1. The van der Waals surface area contributed by atoms with Crippen molar-refractivity contribution in [3.63, 3.8) is 0 Å². The number of carbonyl (C=O) groups is 1. The largest absolute Gasteiger partial charge is 0.376 e. The molecule has 2 fully saturated rings. The predicted octanol–water partition coefficient (Wildman–Crippen LogP) is 1.36. The van der Waals surface area contributed by atoms with E-state index >= 15 is 0 Å². The van der Waals surface area contributed by atoms with Crippen LogP contribution in [0.3, 0.4) is 0 Å². The molecule has 0 aromatic carbocycles. The molecule has 0 aliphatic carbocycles. The van der Waals surface area contributed by atoms with E-state index in [-0.39, 0.29) is 30.3 Å². The maximum Gasteiger partial charge on any atom is 0.241 e. The van der Waals surface area contributed by atoms with Gasteiger partial charge < -0.3 is 9.64 Å². The van der Waals surface area contributed by atoms with Gasteiger partial charge in [0.2, 0.25) is 5.91 Å². The fraction of sp³-hybridized carbons (Fsp3) is 0.923. The van der Waals surface area contributed by atoms with Crippen LogP contribution in [0.15, 0.2) is 0 Å². The Morgan fingerprint density at radius 2 is 2.18 bits per heavy atom. The molecule has 17 heavy (non-hydrogen) atoms. The molecule has 0 spiro atoms.